The molecule has 1 unspecified atom stereocenters. The number of carbonyl (C=O) groups is 4. The van der Waals surface area contributed by atoms with Crippen molar-refractivity contribution >= 4 is 23.6 Å². The van der Waals surface area contributed by atoms with Crippen molar-refractivity contribution in [1.82, 2.24) is 4.90 Å². The topological polar surface area (TPSA) is 112 Å². The van der Waals surface area contributed by atoms with Crippen molar-refractivity contribution in [3.8, 4) is 0 Å². The number of carbonyl (C=O) groups excluding carboxylic acids is 2. The quantitative estimate of drug-likeness (QED) is 0.725. The average Bonchev–Trinajstić information content (AvgIpc) is 2.40. The van der Waals surface area contributed by atoms with Crippen LogP contribution >= 0.6 is 0 Å². The molecule has 0 bridgehead atoms. The van der Waals surface area contributed by atoms with E-state index in [0.717, 1.165) is 0 Å². The van der Waals surface area contributed by atoms with E-state index in [1.54, 1.807) is 20.8 Å². The summed E-state index contributed by atoms with van der Waals surface area (Å²) < 4.78 is 0. The largest absolute Gasteiger partial charge is 0.480 e. The van der Waals surface area contributed by atoms with E-state index in [1.165, 1.54) is 13.8 Å². The Morgan fingerprint density at radius 3 is 2.00 bits per heavy atom. The van der Waals surface area contributed by atoms with Crippen LogP contribution in [0.2, 0.25) is 0 Å². The Morgan fingerprint density at radius 2 is 1.67 bits per heavy atom. The molecule has 2 N–H and O–H groups in total. The standard InChI is InChI=1S/C14H21NO6/c1-6-13(3,4)9(16)10(17)15-8(11(18)19)7(2)14(15,5)12(20)21/h7-8H,6H2,1-5H3,(H,18,19)(H,20,21)/t7?,8-,14-/m1/s1. The van der Waals surface area contributed by atoms with Crippen LogP contribution in [0.3, 0.4) is 0 Å². The summed E-state index contributed by atoms with van der Waals surface area (Å²) in [7, 11) is 0. The minimum atomic E-state index is -1.68. The van der Waals surface area contributed by atoms with Crippen LogP contribution in [0, 0.1) is 11.3 Å². The fourth-order valence-electron chi connectivity index (χ4n) is 2.48. The number of Topliss-reactive ketones (excluding diaryl/α,β-unsaturated/α-hetero) is 1. The molecule has 0 aromatic heterocycles. The molecule has 0 aliphatic carbocycles. The minimum Gasteiger partial charge on any atom is -0.480 e. The highest BCUT2D eigenvalue weighted by molar-refractivity contribution is 6.39. The molecule has 1 heterocycles. The summed E-state index contributed by atoms with van der Waals surface area (Å²) >= 11 is 0. The van der Waals surface area contributed by atoms with Gasteiger partial charge in [0.1, 0.15) is 11.6 Å². The molecule has 1 amide bonds. The SMILES string of the molecule is CCC(C)(C)C(=O)C(=O)N1[C@@H](C(=O)O)C(C)[C@]1(C)C(=O)O. The van der Waals surface area contributed by atoms with Gasteiger partial charge in [-0.3, -0.25) is 9.59 Å². The highest BCUT2D eigenvalue weighted by Crippen LogP contribution is 2.43. The fraction of sp³-hybridized carbons (Fsp3) is 0.714. The Hall–Kier alpha value is -1.92. The summed E-state index contributed by atoms with van der Waals surface area (Å²) in [5.74, 6) is -5.22. The van der Waals surface area contributed by atoms with Gasteiger partial charge in [0.15, 0.2) is 0 Å². The second kappa shape index (κ2) is 5.13. The molecule has 0 spiro atoms. The van der Waals surface area contributed by atoms with Crippen LogP contribution in [0.5, 0.6) is 0 Å². The molecule has 1 aliphatic rings. The smallest absolute Gasteiger partial charge is 0.329 e. The summed E-state index contributed by atoms with van der Waals surface area (Å²) in [6, 6.07) is -1.30. The number of hydrogen-bond donors (Lipinski definition) is 2. The van der Waals surface area contributed by atoms with Gasteiger partial charge < -0.3 is 15.1 Å². The van der Waals surface area contributed by atoms with Crippen molar-refractivity contribution in [3.05, 3.63) is 0 Å². The van der Waals surface area contributed by atoms with E-state index in [4.69, 9.17) is 0 Å². The highest BCUT2D eigenvalue weighted by Gasteiger charge is 2.66. The van der Waals surface area contributed by atoms with Crippen molar-refractivity contribution < 1.29 is 29.4 Å². The van der Waals surface area contributed by atoms with Crippen molar-refractivity contribution in [1.29, 1.82) is 0 Å². The van der Waals surface area contributed by atoms with Crippen LogP contribution in [0.25, 0.3) is 0 Å². The molecule has 1 fully saturated rings. The lowest BCUT2D eigenvalue weighted by Crippen LogP contribution is -2.78. The molecule has 0 saturated carbocycles. The third-order valence-corrected chi connectivity index (χ3v) is 4.74. The Kier molecular flexibility index (Phi) is 4.18. The monoisotopic (exact) mass is 299 g/mol. The number of hydrogen-bond acceptors (Lipinski definition) is 4. The van der Waals surface area contributed by atoms with E-state index in [9.17, 15) is 29.4 Å². The van der Waals surface area contributed by atoms with Gasteiger partial charge in [0.05, 0.1) is 0 Å². The number of likely N-dealkylation sites (tertiary alicyclic amines) is 1. The maximum Gasteiger partial charge on any atom is 0.329 e. The van der Waals surface area contributed by atoms with Gasteiger partial charge in [0.2, 0.25) is 5.78 Å². The molecular formula is C14H21NO6. The molecule has 7 nitrogen and oxygen atoms in total. The van der Waals surface area contributed by atoms with Gasteiger partial charge in [0, 0.05) is 11.3 Å². The number of ketones is 1. The first kappa shape index (κ1) is 17.1. The number of aliphatic carboxylic acids is 2. The number of rotatable bonds is 5. The summed E-state index contributed by atoms with van der Waals surface area (Å²) in [4.78, 5) is 48.0. The molecule has 7 heteroatoms. The normalized spacial score (nSPS) is 28.7. The van der Waals surface area contributed by atoms with Crippen LogP contribution < -0.4 is 0 Å². The van der Waals surface area contributed by atoms with E-state index < -0.39 is 46.5 Å². The molecule has 1 aliphatic heterocycles. The molecule has 1 saturated heterocycles. The lowest BCUT2D eigenvalue weighted by Gasteiger charge is -2.56. The molecule has 0 radical (unpaired) electrons. The van der Waals surface area contributed by atoms with Crippen LogP contribution in [0.15, 0.2) is 0 Å². The maximum atomic E-state index is 12.4. The van der Waals surface area contributed by atoms with Crippen LogP contribution in [0.4, 0.5) is 0 Å². The van der Waals surface area contributed by atoms with Gasteiger partial charge in [-0.1, -0.05) is 27.7 Å². The van der Waals surface area contributed by atoms with Crippen molar-refractivity contribution in [2.24, 2.45) is 11.3 Å². The van der Waals surface area contributed by atoms with Gasteiger partial charge in [-0.25, -0.2) is 9.59 Å². The third kappa shape index (κ3) is 2.30. The highest BCUT2D eigenvalue weighted by atomic mass is 16.4. The zero-order chi connectivity index (χ0) is 16.7. The van der Waals surface area contributed by atoms with Gasteiger partial charge in [-0.2, -0.15) is 0 Å². The van der Waals surface area contributed by atoms with E-state index >= 15 is 0 Å². The van der Waals surface area contributed by atoms with Gasteiger partial charge in [-0.15, -0.1) is 0 Å². The van der Waals surface area contributed by atoms with Crippen molar-refractivity contribution in [3.63, 3.8) is 0 Å². The first-order chi connectivity index (χ1) is 9.42. The Labute approximate surface area is 122 Å². The number of carboxylic acids is 2. The summed E-state index contributed by atoms with van der Waals surface area (Å²) in [5.41, 5.74) is -2.64. The second-order valence-electron chi connectivity index (χ2n) is 6.27. The molecular weight excluding hydrogens is 278 g/mol. The van der Waals surface area contributed by atoms with Gasteiger partial charge in [0.25, 0.3) is 5.91 Å². The summed E-state index contributed by atoms with van der Waals surface area (Å²) in [6.45, 7) is 7.60. The van der Waals surface area contributed by atoms with E-state index in [1.807, 2.05) is 0 Å². The maximum absolute atomic E-state index is 12.4. The van der Waals surface area contributed by atoms with E-state index in [-0.39, 0.29) is 0 Å². The number of nitrogens with zero attached hydrogens (tertiary/aromatic N) is 1. The predicted molar refractivity (Wildman–Crippen MR) is 72.6 cm³/mol. The van der Waals surface area contributed by atoms with E-state index in [2.05, 4.69) is 0 Å². The minimum absolute atomic E-state index is 0.391. The lowest BCUT2D eigenvalue weighted by atomic mass is 9.68. The molecule has 21 heavy (non-hydrogen) atoms. The van der Waals surface area contributed by atoms with Crippen LogP contribution in [-0.4, -0.2) is 50.3 Å². The van der Waals surface area contributed by atoms with Crippen LogP contribution in [0.1, 0.15) is 41.0 Å². The first-order valence-electron chi connectivity index (χ1n) is 6.77. The van der Waals surface area contributed by atoms with Gasteiger partial charge >= 0.3 is 11.9 Å². The first-order valence-corrected chi connectivity index (χ1v) is 6.77. The summed E-state index contributed by atoms with van der Waals surface area (Å²) in [6.07, 6.45) is 0.391. The van der Waals surface area contributed by atoms with E-state index in [0.29, 0.717) is 11.3 Å². The lowest BCUT2D eigenvalue weighted by molar-refractivity contribution is -0.199. The summed E-state index contributed by atoms with van der Waals surface area (Å²) in [5, 5.41) is 18.5. The van der Waals surface area contributed by atoms with Crippen LogP contribution in [-0.2, 0) is 19.2 Å². The molecule has 3 atom stereocenters. The third-order valence-electron chi connectivity index (χ3n) is 4.74. The van der Waals surface area contributed by atoms with Crippen molar-refractivity contribution in [2.45, 2.75) is 52.6 Å². The Bertz CT molecular complexity index is 512. The van der Waals surface area contributed by atoms with Crippen molar-refractivity contribution in [2.75, 3.05) is 0 Å². The fourth-order valence-corrected chi connectivity index (χ4v) is 2.48. The number of carboxylic acid groups (broad SMARTS) is 2. The second-order valence-corrected chi connectivity index (χ2v) is 6.27. The predicted octanol–water partition coefficient (Wildman–Crippen LogP) is 0.767. The molecule has 1 rings (SSSR count). The molecule has 118 valence electrons. The Morgan fingerprint density at radius 1 is 1.19 bits per heavy atom. The number of amides is 1. The van der Waals surface area contributed by atoms with Gasteiger partial charge in [-0.05, 0) is 13.3 Å². The molecule has 0 aromatic rings. The zero-order valence-electron chi connectivity index (χ0n) is 12.8. The average molecular weight is 299 g/mol. The molecule has 0 aromatic carbocycles. The Balaban J connectivity index is 3.23. The zero-order valence-corrected chi connectivity index (χ0v) is 12.8.